The Morgan fingerprint density at radius 1 is 1.33 bits per heavy atom. The van der Waals surface area contributed by atoms with Gasteiger partial charge >= 0.3 is 0 Å². The summed E-state index contributed by atoms with van der Waals surface area (Å²) >= 11 is 3.27. The molecule has 1 unspecified atom stereocenters. The molecule has 0 bridgehead atoms. The van der Waals surface area contributed by atoms with Gasteiger partial charge in [0, 0.05) is 17.1 Å². The lowest BCUT2D eigenvalue weighted by Gasteiger charge is -2.22. The molecule has 1 aromatic carbocycles. The van der Waals surface area contributed by atoms with E-state index < -0.39 is 9.84 Å². The zero-order chi connectivity index (χ0) is 13.8. The molecular weight excluding hydrogens is 318 g/mol. The zero-order valence-corrected chi connectivity index (χ0v) is 12.9. The second-order valence-electron chi connectivity index (χ2n) is 4.28. The molecule has 0 radical (unpaired) electrons. The zero-order valence-electron chi connectivity index (χ0n) is 10.5. The maximum absolute atomic E-state index is 12.1. The lowest BCUT2D eigenvalue weighted by molar-refractivity contribution is 0.165. The number of aliphatic hydroxyl groups is 1. The molecule has 1 aromatic rings. The van der Waals surface area contributed by atoms with E-state index in [0.29, 0.717) is 11.4 Å². The molecule has 0 amide bonds. The van der Waals surface area contributed by atoms with Crippen molar-refractivity contribution in [2.75, 3.05) is 26.0 Å². The van der Waals surface area contributed by atoms with E-state index >= 15 is 0 Å². The summed E-state index contributed by atoms with van der Waals surface area (Å²) in [5.74, 6) is 0.0511. The molecule has 0 aliphatic rings. The molecular formula is C12H18BrNO3S. The molecule has 1 rings (SSSR count). The number of nitrogens with zero attached hydrogens (tertiary/aromatic N) is 1. The molecule has 0 fully saturated rings. The number of hydrogen-bond acceptors (Lipinski definition) is 4. The number of aliphatic hydroxyl groups excluding tert-OH is 1. The molecule has 102 valence electrons. The lowest BCUT2D eigenvalue weighted by atomic mass is 10.3. The summed E-state index contributed by atoms with van der Waals surface area (Å²) in [5, 5.41) is 8.99. The van der Waals surface area contributed by atoms with Gasteiger partial charge in [-0.3, -0.25) is 0 Å². The fourth-order valence-electron chi connectivity index (χ4n) is 1.38. The summed E-state index contributed by atoms with van der Waals surface area (Å²) in [7, 11) is -1.45. The minimum Gasteiger partial charge on any atom is -0.395 e. The van der Waals surface area contributed by atoms with E-state index in [-0.39, 0.29) is 18.4 Å². The van der Waals surface area contributed by atoms with Crippen LogP contribution in [-0.2, 0) is 9.84 Å². The average molecular weight is 336 g/mol. The van der Waals surface area contributed by atoms with Crippen molar-refractivity contribution in [1.82, 2.24) is 4.90 Å². The monoisotopic (exact) mass is 335 g/mol. The third-order valence-electron chi connectivity index (χ3n) is 2.90. The van der Waals surface area contributed by atoms with E-state index in [1.807, 2.05) is 11.8 Å². The van der Waals surface area contributed by atoms with E-state index in [9.17, 15) is 8.42 Å². The standard InChI is InChI=1S/C12H18BrNO3S/c1-10(9-15)14(2)7-8-18(16,17)12-5-3-11(13)4-6-12/h3-6,10,15H,7-9H2,1-2H3. The Kier molecular flexibility index (Phi) is 5.78. The average Bonchev–Trinajstić information content (AvgIpc) is 2.35. The number of rotatable bonds is 6. The number of likely N-dealkylation sites (N-methyl/N-ethyl adjacent to an activating group) is 1. The summed E-state index contributed by atoms with van der Waals surface area (Å²) in [5.41, 5.74) is 0. The normalized spacial score (nSPS) is 13.8. The molecule has 4 nitrogen and oxygen atoms in total. The van der Waals surface area contributed by atoms with Gasteiger partial charge in [0.25, 0.3) is 0 Å². The number of benzene rings is 1. The van der Waals surface area contributed by atoms with Crippen LogP contribution in [0.1, 0.15) is 6.92 Å². The summed E-state index contributed by atoms with van der Waals surface area (Å²) in [4.78, 5) is 2.16. The van der Waals surface area contributed by atoms with E-state index in [4.69, 9.17) is 5.11 Å². The van der Waals surface area contributed by atoms with Gasteiger partial charge < -0.3 is 10.0 Å². The van der Waals surface area contributed by atoms with E-state index in [0.717, 1.165) is 4.47 Å². The molecule has 0 saturated carbocycles. The first-order valence-corrected chi connectivity index (χ1v) is 8.11. The van der Waals surface area contributed by atoms with Gasteiger partial charge in [0.1, 0.15) is 0 Å². The number of sulfone groups is 1. The van der Waals surface area contributed by atoms with Crippen LogP contribution in [0.25, 0.3) is 0 Å². The van der Waals surface area contributed by atoms with Crippen LogP contribution < -0.4 is 0 Å². The van der Waals surface area contributed by atoms with Crippen LogP contribution in [0.4, 0.5) is 0 Å². The fraction of sp³-hybridized carbons (Fsp3) is 0.500. The highest BCUT2D eigenvalue weighted by atomic mass is 79.9. The predicted octanol–water partition coefficient (Wildman–Crippen LogP) is 1.54. The van der Waals surface area contributed by atoms with Crippen LogP contribution in [0.5, 0.6) is 0 Å². The quantitative estimate of drug-likeness (QED) is 0.856. The van der Waals surface area contributed by atoms with Crippen LogP contribution >= 0.6 is 15.9 Å². The molecule has 0 heterocycles. The van der Waals surface area contributed by atoms with Crippen LogP contribution in [0.3, 0.4) is 0 Å². The third kappa shape index (κ3) is 4.35. The molecule has 1 atom stereocenters. The van der Waals surface area contributed by atoms with Crippen molar-refractivity contribution >= 4 is 25.8 Å². The van der Waals surface area contributed by atoms with E-state index in [2.05, 4.69) is 15.9 Å². The number of hydrogen-bond donors (Lipinski definition) is 1. The summed E-state index contributed by atoms with van der Waals surface area (Å²) in [6.45, 7) is 2.28. The third-order valence-corrected chi connectivity index (χ3v) is 5.14. The second-order valence-corrected chi connectivity index (χ2v) is 7.31. The Bertz CT molecular complexity index is 473. The smallest absolute Gasteiger partial charge is 0.179 e. The van der Waals surface area contributed by atoms with Crippen LogP contribution in [-0.4, -0.2) is 50.4 Å². The highest BCUT2D eigenvalue weighted by molar-refractivity contribution is 9.10. The highest BCUT2D eigenvalue weighted by Gasteiger charge is 2.16. The molecule has 18 heavy (non-hydrogen) atoms. The van der Waals surface area contributed by atoms with Crippen molar-refractivity contribution in [3.05, 3.63) is 28.7 Å². The Morgan fingerprint density at radius 2 is 1.89 bits per heavy atom. The van der Waals surface area contributed by atoms with Gasteiger partial charge in [-0.15, -0.1) is 0 Å². The molecule has 0 aliphatic heterocycles. The summed E-state index contributed by atoms with van der Waals surface area (Å²) in [6.07, 6.45) is 0. The molecule has 0 aromatic heterocycles. The first-order valence-electron chi connectivity index (χ1n) is 5.66. The summed E-state index contributed by atoms with van der Waals surface area (Å²) in [6, 6.07) is 6.58. The highest BCUT2D eigenvalue weighted by Crippen LogP contribution is 2.16. The summed E-state index contributed by atoms with van der Waals surface area (Å²) < 4.78 is 25.0. The predicted molar refractivity (Wildman–Crippen MR) is 75.4 cm³/mol. The van der Waals surface area contributed by atoms with Crippen molar-refractivity contribution < 1.29 is 13.5 Å². The van der Waals surface area contributed by atoms with Gasteiger partial charge in [-0.1, -0.05) is 15.9 Å². The Morgan fingerprint density at radius 3 is 2.39 bits per heavy atom. The largest absolute Gasteiger partial charge is 0.395 e. The van der Waals surface area contributed by atoms with Gasteiger partial charge in [-0.2, -0.15) is 0 Å². The number of halogens is 1. The van der Waals surface area contributed by atoms with Crippen molar-refractivity contribution in [3.63, 3.8) is 0 Å². The van der Waals surface area contributed by atoms with Crippen molar-refractivity contribution in [1.29, 1.82) is 0 Å². The topological polar surface area (TPSA) is 57.6 Å². The van der Waals surface area contributed by atoms with E-state index in [1.54, 1.807) is 31.3 Å². The van der Waals surface area contributed by atoms with Crippen LogP contribution in [0, 0.1) is 0 Å². The lowest BCUT2D eigenvalue weighted by Crippen LogP contribution is -2.35. The maximum Gasteiger partial charge on any atom is 0.179 e. The van der Waals surface area contributed by atoms with Gasteiger partial charge in [0.15, 0.2) is 9.84 Å². The molecule has 0 aliphatic carbocycles. The van der Waals surface area contributed by atoms with E-state index in [1.165, 1.54) is 0 Å². The Balaban J connectivity index is 2.68. The second kappa shape index (κ2) is 6.65. The van der Waals surface area contributed by atoms with Crippen molar-refractivity contribution in [2.24, 2.45) is 0 Å². The van der Waals surface area contributed by atoms with Gasteiger partial charge in [-0.25, -0.2) is 8.42 Å². The Hall–Kier alpha value is -0.430. The molecule has 0 spiro atoms. The first-order chi connectivity index (χ1) is 8.36. The minimum atomic E-state index is -3.26. The van der Waals surface area contributed by atoms with Gasteiger partial charge in [-0.05, 0) is 38.2 Å². The SMILES string of the molecule is CC(CO)N(C)CCS(=O)(=O)c1ccc(Br)cc1. The van der Waals surface area contributed by atoms with Crippen LogP contribution in [0.2, 0.25) is 0 Å². The van der Waals surface area contributed by atoms with Crippen LogP contribution in [0.15, 0.2) is 33.6 Å². The minimum absolute atomic E-state index is 0.0227. The maximum atomic E-state index is 12.1. The Labute approximate surface area is 117 Å². The molecule has 1 N–H and O–H groups in total. The molecule has 0 saturated heterocycles. The van der Waals surface area contributed by atoms with Gasteiger partial charge in [0.05, 0.1) is 17.3 Å². The first kappa shape index (κ1) is 15.6. The van der Waals surface area contributed by atoms with Crippen molar-refractivity contribution in [3.8, 4) is 0 Å². The fourth-order valence-corrected chi connectivity index (χ4v) is 2.96. The molecule has 6 heteroatoms. The van der Waals surface area contributed by atoms with Gasteiger partial charge in [0.2, 0.25) is 0 Å². The van der Waals surface area contributed by atoms with Crippen molar-refractivity contribution in [2.45, 2.75) is 17.9 Å².